The molecule has 0 bridgehead atoms. The summed E-state index contributed by atoms with van der Waals surface area (Å²) in [7, 11) is 0. The molecule has 1 aromatic rings. The highest BCUT2D eigenvalue weighted by Gasteiger charge is 2.08. The Bertz CT molecular complexity index is 340. The van der Waals surface area contributed by atoms with E-state index < -0.39 is 0 Å². The second-order valence-electron chi connectivity index (χ2n) is 6.46. The molecule has 0 saturated carbocycles. The van der Waals surface area contributed by atoms with Gasteiger partial charge in [-0.05, 0) is 12.8 Å². The fourth-order valence-corrected chi connectivity index (χ4v) is 2.87. The molecule has 0 fully saturated rings. The van der Waals surface area contributed by atoms with E-state index in [-0.39, 0.29) is 0 Å². The van der Waals surface area contributed by atoms with Crippen LogP contribution in [0.5, 0.6) is 0 Å². The van der Waals surface area contributed by atoms with Crippen LogP contribution in [-0.4, -0.2) is 28.0 Å². The van der Waals surface area contributed by atoms with E-state index in [0.29, 0.717) is 0 Å². The molecule has 0 N–H and O–H groups in total. The van der Waals surface area contributed by atoms with E-state index >= 15 is 0 Å². The summed E-state index contributed by atoms with van der Waals surface area (Å²) in [6.07, 6.45) is 19.2. The molecular weight excluding hydrogens is 284 g/mol. The molecule has 1 rings (SSSR count). The van der Waals surface area contributed by atoms with Gasteiger partial charge >= 0.3 is 0 Å². The van der Waals surface area contributed by atoms with Crippen molar-refractivity contribution < 1.29 is 0 Å². The first-order chi connectivity index (χ1) is 11.4. The molecule has 0 aliphatic rings. The Kier molecular flexibility index (Phi) is 12.4. The molecule has 0 unspecified atom stereocenters. The van der Waals surface area contributed by atoms with Gasteiger partial charge in [-0.3, -0.25) is 0 Å². The average Bonchev–Trinajstić information content (AvgIpc) is 2.60. The van der Waals surface area contributed by atoms with Gasteiger partial charge in [0.1, 0.15) is 12.7 Å². The summed E-state index contributed by atoms with van der Waals surface area (Å²) in [5.74, 6) is 0.849. The molecule has 0 aromatic carbocycles. The highest BCUT2D eigenvalue weighted by molar-refractivity contribution is 5.26. The molecule has 0 radical (unpaired) electrons. The summed E-state index contributed by atoms with van der Waals surface area (Å²) in [5, 5.41) is 0. The quantitative estimate of drug-likeness (QED) is 0.406. The smallest absolute Gasteiger partial charge is 0.228 e. The first kappa shape index (κ1) is 19.9. The fraction of sp³-hybridized carbons (Fsp3) is 0.842. The van der Waals surface area contributed by atoms with Crippen molar-refractivity contribution in [2.75, 3.05) is 18.0 Å². The van der Waals surface area contributed by atoms with Crippen LogP contribution in [0.15, 0.2) is 12.7 Å². The summed E-state index contributed by atoms with van der Waals surface area (Å²) in [4.78, 5) is 15.0. The van der Waals surface area contributed by atoms with Gasteiger partial charge in [-0.1, -0.05) is 78.1 Å². The highest BCUT2D eigenvalue weighted by atomic mass is 15.3. The van der Waals surface area contributed by atoms with E-state index in [4.69, 9.17) is 0 Å². The largest absolute Gasteiger partial charge is 0.341 e. The van der Waals surface area contributed by atoms with Gasteiger partial charge in [0.25, 0.3) is 0 Å². The molecule has 132 valence electrons. The van der Waals surface area contributed by atoms with Crippen LogP contribution in [0.25, 0.3) is 0 Å². The zero-order valence-corrected chi connectivity index (χ0v) is 15.3. The molecule has 0 amide bonds. The third-order valence-electron chi connectivity index (χ3n) is 4.33. The van der Waals surface area contributed by atoms with Gasteiger partial charge in [-0.2, -0.15) is 0 Å². The van der Waals surface area contributed by atoms with Crippen LogP contribution in [0.4, 0.5) is 5.95 Å². The second-order valence-corrected chi connectivity index (χ2v) is 6.46. The predicted octanol–water partition coefficient (Wildman–Crippen LogP) is 5.40. The Hall–Kier alpha value is -1.19. The third-order valence-corrected chi connectivity index (χ3v) is 4.33. The van der Waals surface area contributed by atoms with Crippen molar-refractivity contribution in [1.82, 2.24) is 15.0 Å². The zero-order valence-electron chi connectivity index (χ0n) is 15.3. The molecule has 1 heterocycles. The average molecular weight is 321 g/mol. The van der Waals surface area contributed by atoms with E-state index in [1.54, 1.807) is 12.7 Å². The van der Waals surface area contributed by atoms with Gasteiger partial charge in [-0.15, -0.1) is 0 Å². The minimum Gasteiger partial charge on any atom is -0.341 e. The molecule has 23 heavy (non-hydrogen) atoms. The van der Waals surface area contributed by atoms with Crippen LogP contribution < -0.4 is 4.90 Å². The number of unbranched alkanes of at least 4 members (excludes halogenated alkanes) is 10. The summed E-state index contributed by atoms with van der Waals surface area (Å²) < 4.78 is 0. The molecule has 0 atom stereocenters. The number of anilines is 1. The minimum absolute atomic E-state index is 0.849. The molecule has 0 aliphatic carbocycles. The van der Waals surface area contributed by atoms with Crippen molar-refractivity contribution in [3.8, 4) is 0 Å². The summed E-state index contributed by atoms with van der Waals surface area (Å²) in [5.41, 5.74) is 0. The second kappa shape index (κ2) is 14.4. The third kappa shape index (κ3) is 10.2. The van der Waals surface area contributed by atoms with Gasteiger partial charge in [0.15, 0.2) is 0 Å². The van der Waals surface area contributed by atoms with E-state index in [0.717, 1.165) is 19.0 Å². The van der Waals surface area contributed by atoms with Crippen LogP contribution >= 0.6 is 0 Å². The Morgan fingerprint density at radius 3 is 1.57 bits per heavy atom. The molecule has 0 saturated heterocycles. The zero-order chi connectivity index (χ0) is 16.6. The molecule has 0 spiro atoms. The first-order valence-electron chi connectivity index (χ1n) is 9.75. The van der Waals surface area contributed by atoms with Crippen LogP contribution in [0.2, 0.25) is 0 Å². The van der Waals surface area contributed by atoms with E-state index in [1.807, 2.05) is 0 Å². The van der Waals surface area contributed by atoms with Crippen LogP contribution in [0, 0.1) is 0 Å². The maximum absolute atomic E-state index is 4.34. The normalized spacial score (nSPS) is 10.9. The van der Waals surface area contributed by atoms with Crippen molar-refractivity contribution in [2.45, 2.75) is 90.9 Å². The maximum atomic E-state index is 4.34. The summed E-state index contributed by atoms with van der Waals surface area (Å²) >= 11 is 0. The Morgan fingerprint density at radius 1 is 0.652 bits per heavy atom. The lowest BCUT2D eigenvalue weighted by Crippen LogP contribution is -2.27. The Balaban J connectivity index is 2.26. The van der Waals surface area contributed by atoms with Crippen LogP contribution in [-0.2, 0) is 0 Å². The molecule has 1 aromatic heterocycles. The van der Waals surface area contributed by atoms with Gasteiger partial charge in [0.05, 0.1) is 0 Å². The van der Waals surface area contributed by atoms with Gasteiger partial charge < -0.3 is 4.90 Å². The molecular formula is C19H36N4. The molecule has 4 nitrogen and oxygen atoms in total. The lowest BCUT2D eigenvalue weighted by Gasteiger charge is -2.22. The lowest BCUT2D eigenvalue weighted by atomic mass is 10.1. The number of hydrogen-bond donors (Lipinski definition) is 0. The SMILES string of the molecule is CCCCCCCCN(CCCCCCCC)c1ncncn1. The molecule has 0 aliphatic heterocycles. The van der Waals surface area contributed by atoms with Crippen LogP contribution in [0.3, 0.4) is 0 Å². The highest BCUT2D eigenvalue weighted by Crippen LogP contribution is 2.12. The van der Waals surface area contributed by atoms with Gasteiger partial charge in [0.2, 0.25) is 5.95 Å². The van der Waals surface area contributed by atoms with Crippen molar-refractivity contribution in [3.63, 3.8) is 0 Å². The number of aromatic nitrogens is 3. The Morgan fingerprint density at radius 2 is 1.09 bits per heavy atom. The van der Waals surface area contributed by atoms with Crippen LogP contribution in [0.1, 0.15) is 90.9 Å². The monoisotopic (exact) mass is 320 g/mol. The van der Waals surface area contributed by atoms with E-state index in [2.05, 4.69) is 33.7 Å². The van der Waals surface area contributed by atoms with E-state index in [9.17, 15) is 0 Å². The number of nitrogens with zero attached hydrogens (tertiary/aromatic N) is 4. The van der Waals surface area contributed by atoms with Gasteiger partial charge in [-0.25, -0.2) is 15.0 Å². The first-order valence-corrected chi connectivity index (χ1v) is 9.75. The van der Waals surface area contributed by atoms with Crippen molar-refractivity contribution in [2.24, 2.45) is 0 Å². The van der Waals surface area contributed by atoms with Gasteiger partial charge in [0, 0.05) is 13.1 Å². The van der Waals surface area contributed by atoms with Crippen molar-refractivity contribution in [3.05, 3.63) is 12.7 Å². The summed E-state index contributed by atoms with van der Waals surface area (Å²) in [6.45, 7) is 6.68. The lowest BCUT2D eigenvalue weighted by molar-refractivity contribution is 0.570. The molecule has 4 heteroatoms. The van der Waals surface area contributed by atoms with Crippen molar-refractivity contribution in [1.29, 1.82) is 0 Å². The Labute approximate surface area is 143 Å². The standard InChI is InChI=1S/C19H36N4/c1-3-5-7-9-11-13-15-23(19-21-17-20-18-22-19)16-14-12-10-8-6-4-2/h17-18H,3-16H2,1-2H3. The maximum Gasteiger partial charge on any atom is 0.228 e. The van der Waals surface area contributed by atoms with Crippen molar-refractivity contribution >= 4 is 5.95 Å². The topological polar surface area (TPSA) is 41.9 Å². The van der Waals surface area contributed by atoms with E-state index in [1.165, 1.54) is 77.0 Å². The predicted molar refractivity (Wildman–Crippen MR) is 98.8 cm³/mol. The fourth-order valence-electron chi connectivity index (χ4n) is 2.87. The number of rotatable bonds is 15. The summed E-state index contributed by atoms with van der Waals surface area (Å²) in [6, 6.07) is 0. The minimum atomic E-state index is 0.849. The number of hydrogen-bond acceptors (Lipinski definition) is 4.